The van der Waals surface area contributed by atoms with Crippen molar-refractivity contribution < 1.29 is 18.9 Å². The average Bonchev–Trinajstić information content (AvgIpc) is 2.88. The van der Waals surface area contributed by atoms with Gasteiger partial charge in [0.2, 0.25) is 0 Å². The Labute approximate surface area is 207 Å². The maximum atomic E-state index is 6.57. The molecule has 1 heterocycles. The van der Waals surface area contributed by atoms with E-state index in [-0.39, 0.29) is 29.9 Å². The van der Waals surface area contributed by atoms with Gasteiger partial charge in [0.15, 0.2) is 0 Å². The molecule has 0 bridgehead atoms. The quantitative estimate of drug-likeness (QED) is 0.326. The highest BCUT2D eigenvalue weighted by molar-refractivity contribution is 7.99. The van der Waals surface area contributed by atoms with E-state index in [2.05, 4.69) is 50.2 Å². The molecule has 1 aliphatic rings. The second-order valence-corrected chi connectivity index (χ2v) is 9.82. The summed E-state index contributed by atoms with van der Waals surface area (Å²) in [5.41, 5.74) is 3.26. The molecule has 0 aliphatic carbocycles. The summed E-state index contributed by atoms with van der Waals surface area (Å²) in [6.07, 6.45) is -0.894. The van der Waals surface area contributed by atoms with Gasteiger partial charge in [0, 0.05) is 0 Å². The number of thioether (sulfide) groups is 1. The molecular formula is C29H34O4S. The highest BCUT2D eigenvalue weighted by Gasteiger charge is 2.46. The fourth-order valence-corrected chi connectivity index (χ4v) is 5.17. The molecule has 4 nitrogen and oxygen atoms in total. The summed E-state index contributed by atoms with van der Waals surface area (Å²) in [5, 5.41) is 0. The Bertz CT molecular complexity index is 954. The maximum absolute atomic E-state index is 6.57. The van der Waals surface area contributed by atoms with Gasteiger partial charge in [0.25, 0.3) is 0 Å². The van der Waals surface area contributed by atoms with Crippen LogP contribution in [0.3, 0.4) is 0 Å². The average molecular weight is 479 g/mol. The third-order valence-corrected chi connectivity index (χ3v) is 6.96. The van der Waals surface area contributed by atoms with Gasteiger partial charge < -0.3 is 18.9 Å². The van der Waals surface area contributed by atoms with Gasteiger partial charge in [-0.05, 0) is 29.4 Å². The Morgan fingerprint density at radius 2 is 1.03 bits per heavy atom. The third-order valence-electron chi connectivity index (χ3n) is 5.91. The minimum atomic E-state index is -0.263. The van der Waals surface area contributed by atoms with Crippen molar-refractivity contribution in [2.75, 3.05) is 5.75 Å². The molecule has 0 spiro atoms. The Hall–Kier alpha value is -2.15. The van der Waals surface area contributed by atoms with Gasteiger partial charge in [0.05, 0.1) is 25.9 Å². The summed E-state index contributed by atoms with van der Waals surface area (Å²) in [6.45, 7) is 5.72. The number of benzene rings is 3. The first-order valence-electron chi connectivity index (χ1n) is 12.0. The zero-order chi connectivity index (χ0) is 23.6. The van der Waals surface area contributed by atoms with Crippen LogP contribution in [0.4, 0.5) is 0 Å². The maximum Gasteiger partial charge on any atom is 0.132 e. The van der Waals surface area contributed by atoms with E-state index in [4.69, 9.17) is 18.9 Å². The van der Waals surface area contributed by atoms with E-state index >= 15 is 0 Å². The van der Waals surface area contributed by atoms with Crippen LogP contribution in [0.5, 0.6) is 0 Å². The Morgan fingerprint density at radius 3 is 1.47 bits per heavy atom. The molecule has 0 unspecified atom stereocenters. The van der Waals surface area contributed by atoms with Crippen LogP contribution in [-0.4, -0.2) is 35.6 Å². The summed E-state index contributed by atoms with van der Waals surface area (Å²) in [6, 6.07) is 30.7. The lowest BCUT2D eigenvalue weighted by atomic mass is 9.99. The van der Waals surface area contributed by atoms with Crippen LogP contribution >= 0.6 is 11.8 Å². The number of hydrogen-bond donors (Lipinski definition) is 0. The van der Waals surface area contributed by atoms with Crippen molar-refractivity contribution in [3.8, 4) is 0 Å². The van der Waals surface area contributed by atoms with Crippen molar-refractivity contribution in [1.82, 2.24) is 0 Å². The summed E-state index contributed by atoms with van der Waals surface area (Å²) >= 11 is 1.76. The van der Waals surface area contributed by atoms with E-state index in [1.807, 2.05) is 54.6 Å². The molecule has 180 valence electrons. The van der Waals surface area contributed by atoms with Crippen molar-refractivity contribution in [3.05, 3.63) is 108 Å². The van der Waals surface area contributed by atoms with Crippen molar-refractivity contribution in [3.63, 3.8) is 0 Å². The summed E-state index contributed by atoms with van der Waals surface area (Å²) < 4.78 is 26.0. The third kappa shape index (κ3) is 6.94. The molecule has 0 N–H and O–H groups in total. The zero-order valence-corrected chi connectivity index (χ0v) is 20.7. The number of rotatable bonds is 11. The van der Waals surface area contributed by atoms with Gasteiger partial charge in [-0.1, -0.05) is 97.9 Å². The minimum Gasteiger partial charge on any atom is -0.368 e. The molecule has 5 atom stereocenters. The molecule has 34 heavy (non-hydrogen) atoms. The molecule has 5 heteroatoms. The zero-order valence-electron chi connectivity index (χ0n) is 19.9. The van der Waals surface area contributed by atoms with Crippen LogP contribution in [0.15, 0.2) is 91.0 Å². The highest BCUT2D eigenvalue weighted by atomic mass is 32.2. The van der Waals surface area contributed by atoms with Gasteiger partial charge in [-0.2, -0.15) is 0 Å². The smallest absolute Gasteiger partial charge is 0.132 e. The number of hydrogen-bond acceptors (Lipinski definition) is 5. The minimum absolute atomic E-state index is 0.120. The monoisotopic (exact) mass is 478 g/mol. The van der Waals surface area contributed by atoms with Gasteiger partial charge in [-0.25, -0.2) is 0 Å². The van der Waals surface area contributed by atoms with Crippen molar-refractivity contribution in [2.45, 2.75) is 63.5 Å². The number of ether oxygens (including phenoxy) is 4. The Morgan fingerprint density at radius 1 is 0.618 bits per heavy atom. The van der Waals surface area contributed by atoms with E-state index in [1.54, 1.807) is 11.8 Å². The summed E-state index contributed by atoms with van der Waals surface area (Å²) in [7, 11) is 0. The van der Waals surface area contributed by atoms with E-state index in [0.29, 0.717) is 19.8 Å². The van der Waals surface area contributed by atoms with E-state index in [9.17, 15) is 0 Å². The van der Waals surface area contributed by atoms with Crippen LogP contribution in [0.1, 0.15) is 30.5 Å². The molecule has 3 aromatic rings. The molecule has 1 aliphatic heterocycles. The SMILES string of the molecule is CCS[C@H]1O[C@H](C)[C@@H](OCc2ccccc2)[C@H](OCc2ccccc2)[C@@H]1OCc1ccccc1. The highest BCUT2D eigenvalue weighted by Crippen LogP contribution is 2.34. The Balaban J connectivity index is 1.55. The molecular weight excluding hydrogens is 444 g/mol. The van der Waals surface area contributed by atoms with E-state index in [0.717, 1.165) is 22.4 Å². The first-order valence-corrected chi connectivity index (χ1v) is 13.0. The fourth-order valence-electron chi connectivity index (χ4n) is 4.17. The molecule has 0 aromatic heterocycles. The lowest BCUT2D eigenvalue weighted by Gasteiger charge is -2.45. The largest absolute Gasteiger partial charge is 0.368 e. The first-order chi connectivity index (χ1) is 16.7. The van der Waals surface area contributed by atoms with Crippen LogP contribution < -0.4 is 0 Å². The molecule has 0 saturated carbocycles. The second kappa shape index (κ2) is 13.1. The predicted molar refractivity (Wildman–Crippen MR) is 138 cm³/mol. The van der Waals surface area contributed by atoms with Crippen LogP contribution in [0, 0.1) is 0 Å². The first kappa shape index (κ1) is 25.0. The molecule has 4 rings (SSSR count). The predicted octanol–water partition coefficient (Wildman–Crippen LogP) is 6.24. The lowest BCUT2D eigenvalue weighted by Crippen LogP contribution is -2.58. The fraction of sp³-hybridized carbons (Fsp3) is 0.379. The molecule has 0 amide bonds. The van der Waals surface area contributed by atoms with E-state index < -0.39 is 0 Å². The second-order valence-electron chi connectivity index (χ2n) is 8.45. The molecule has 1 fully saturated rings. The van der Waals surface area contributed by atoms with Crippen LogP contribution in [0.2, 0.25) is 0 Å². The molecule has 3 aromatic carbocycles. The topological polar surface area (TPSA) is 36.9 Å². The van der Waals surface area contributed by atoms with Crippen molar-refractivity contribution in [2.24, 2.45) is 0 Å². The lowest BCUT2D eigenvalue weighted by molar-refractivity contribution is -0.242. The van der Waals surface area contributed by atoms with Crippen molar-refractivity contribution >= 4 is 11.8 Å². The van der Waals surface area contributed by atoms with E-state index in [1.165, 1.54) is 0 Å². The molecule has 1 saturated heterocycles. The summed E-state index contributed by atoms with van der Waals surface area (Å²) in [4.78, 5) is 0. The van der Waals surface area contributed by atoms with Gasteiger partial charge in [-0.3, -0.25) is 0 Å². The van der Waals surface area contributed by atoms with Gasteiger partial charge in [0.1, 0.15) is 23.7 Å². The normalized spacial score (nSPS) is 24.7. The Kier molecular flexibility index (Phi) is 9.60. The summed E-state index contributed by atoms with van der Waals surface area (Å²) in [5.74, 6) is 0.934. The van der Waals surface area contributed by atoms with Gasteiger partial charge >= 0.3 is 0 Å². The standard InChI is InChI=1S/C29H34O4S/c1-3-34-29-28(32-21-25-17-11-6-12-18-25)27(31-20-24-15-9-5-10-16-24)26(22(2)33-29)30-19-23-13-7-4-8-14-23/h4-18,22,26-29H,3,19-21H2,1-2H3/t22-,26-,27+,28+,29-/m1/s1. The van der Waals surface area contributed by atoms with Crippen LogP contribution in [-0.2, 0) is 38.8 Å². The van der Waals surface area contributed by atoms with Crippen LogP contribution in [0.25, 0.3) is 0 Å². The van der Waals surface area contributed by atoms with Crippen molar-refractivity contribution in [1.29, 1.82) is 0 Å². The molecule has 0 radical (unpaired) electrons. The van der Waals surface area contributed by atoms with Gasteiger partial charge in [-0.15, -0.1) is 11.8 Å².